The summed E-state index contributed by atoms with van der Waals surface area (Å²) in [5, 5.41) is 0. The Kier molecular flexibility index (Phi) is 5.18. The summed E-state index contributed by atoms with van der Waals surface area (Å²) in [4.78, 5) is 0. The van der Waals surface area contributed by atoms with Crippen molar-refractivity contribution in [1.29, 1.82) is 0 Å². The second kappa shape index (κ2) is 6.89. The molecule has 2 rings (SSSR count). The van der Waals surface area contributed by atoms with Crippen LogP contribution in [-0.2, 0) is 0 Å². The first-order valence-corrected chi connectivity index (χ1v) is 12.1. The monoisotopic (exact) mass is 344 g/mol. The van der Waals surface area contributed by atoms with Gasteiger partial charge in [-0.2, -0.15) is 0 Å². The Hall–Kier alpha value is -0.891. The first-order valence-electron chi connectivity index (χ1n) is 6.65. The van der Waals surface area contributed by atoms with E-state index >= 15 is 0 Å². The third-order valence-corrected chi connectivity index (χ3v) is 9.25. The Balaban J connectivity index is 2.13. The predicted molar refractivity (Wildman–Crippen MR) is 84.1 cm³/mol. The Morgan fingerprint density at radius 2 is 1.50 bits per heavy atom. The standard InChI is InChI=1S/C12H9.C4H9.CH2.Sn/c1-3-7-11(8-4-1)12-9-5-2-6-10-12;1-3-4-2;;/h1,3-10H;1,3-4H2,2H3;1H2;. The molecule has 2 aromatic rings. The zero-order chi connectivity index (χ0) is 12.8. The summed E-state index contributed by atoms with van der Waals surface area (Å²) < 4.78 is 7.37. The van der Waals surface area contributed by atoms with Crippen molar-refractivity contribution in [2.45, 2.75) is 24.2 Å². The van der Waals surface area contributed by atoms with Gasteiger partial charge in [0.1, 0.15) is 0 Å². The van der Waals surface area contributed by atoms with E-state index in [1.54, 1.807) is 3.58 Å². The van der Waals surface area contributed by atoms with E-state index in [4.69, 9.17) is 0 Å². The number of benzene rings is 2. The van der Waals surface area contributed by atoms with Gasteiger partial charge in [-0.05, 0) is 0 Å². The molecule has 2 aromatic carbocycles. The van der Waals surface area contributed by atoms with Crippen molar-refractivity contribution in [3.63, 3.8) is 0 Å². The van der Waals surface area contributed by atoms with Crippen LogP contribution in [-0.4, -0.2) is 23.8 Å². The van der Waals surface area contributed by atoms with Crippen molar-refractivity contribution in [3.05, 3.63) is 54.6 Å². The maximum atomic E-state index is 4.44. The molecular formula is C17H20Sn. The summed E-state index contributed by atoms with van der Waals surface area (Å²) in [5.41, 5.74) is 2.61. The molecule has 0 atom stereocenters. The van der Waals surface area contributed by atoms with E-state index in [0.717, 1.165) is 0 Å². The molecule has 0 radical (unpaired) electrons. The van der Waals surface area contributed by atoms with Gasteiger partial charge in [0, 0.05) is 0 Å². The molecular weight excluding hydrogens is 323 g/mol. The van der Waals surface area contributed by atoms with Crippen molar-refractivity contribution < 1.29 is 0 Å². The Morgan fingerprint density at radius 3 is 2.11 bits per heavy atom. The van der Waals surface area contributed by atoms with Gasteiger partial charge in [-0.25, -0.2) is 0 Å². The fourth-order valence-corrected chi connectivity index (χ4v) is 6.94. The van der Waals surface area contributed by atoms with Crippen molar-refractivity contribution >= 4 is 27.4 Å². The third kappa shape index (κ3) is 3.55. The first kappa shape index (κ1) is 13.5. The van der Waals surface area contributed by atoms with E-state index < -0.39 is 19.3 Å². The van der Waals surface area contributed by atoms with Gasteiger partial charge in [-0.3, -0.25) is 0 Å². The van der Waals surface area contributed by atoms with Gasteiger partial charge in [0.05, 0.1) is 0 Å². The molecule has 0 aliphatic rings. The van der Waals surface area contributed by atoms with Crippen LogP contribution in [0.4, 0.5) is 0 Å². The van der Waals surface area contributed by atoms with Crippen LogP contribution in [0.25, 0.3) is 11.1 Å². The molecule has 0 saturated heterocycles. The molecule has 0 bridgehead atoms. The zero-order valence-electron chi connectivity index (χ0n) is 11.0. The second-order valence-corrected chi connectivity index (χ2v) is 11.2. The Labute approximate surface area is 117 Å². The van der Waals surface area contributed by atoms with Gasteiger partial charge in [-0.15, -0.1) is 0 Å². The minimum atomic E-state index is -1.51. The van der Waals surface area contributed by atoms with Gasteiger partial charge < -0.3 is 0 Å². The van der Waals surface area contributed by atoms with Crippen LogP contribution >= 0.6 is 0 Å². The van der Waals surface area contributed by atoms with Crippen LogP contribution in [0.15, 0.2) is 54.6 Å². The van der Waals surface area contributed by atoms with E-state index in [9.17, 15) is 0 Å². The van der Waals surface area contributed by atoms with Crippen LogP contribution < -0.4 is 3.58 Å². The molecule has 0 amide bonds. The molecule has 0 nitrogen and oxygen atoms in total. The number of hydrogen-bond acceptors (Lipinski definition) is 0. The molecule has 0 unspecified atom stereocenters. The molecule has 0 aliphatic heterocycles. The second-order valence-electron chi connectivity index (χ2n) is 4.65. The van der Waals surface area contributed by atoms with Crippen molar-refractivity contribution in [1.82, 2.24) is 0 Å². The average molecular weight is 343 g/mol. The summed E-state index contributed by atoms with van der Waals surface area (Å²) in [7, 11) is 0. The molecule has 0 N–H and O–H groups in total. The maximum absolute atomic E-state index is 4.44. The topological polar surface area (TPSA) is 0 Å². The van der Waals surface area contributed by atoms with Crippen molar-refractivity contribution in [3.8, 4) is 11.1 Å². The molecule has 1 heteroatoms. The summed E-state index contributed by atoms with van der Waals surface area (Å²) in [5.74, 6) is 0. The van der Waals surface area contributed by atoms with Crippen LogP contribution in [0.1, 0.15) is 19.8 Å². The number of rotatable bonds is 5. The minimum absolute atomic E-state index is 1.29. The van der Waals surface area contributed by atoms with Gasteiger partial charge in [0.25, 0.3) is 0 Å². The Morgan fingerprint density at radius 1 is 0.889 bits per heavy atom. The molecule has 0 saturated carbocycles. The fraction of sp³-hybridized carbons (Fsp3) is 0.235. The predicted octanol–water partition coefficient (Wildman–Crippen LogP) is 3.87. The molecule has 92 valence electrons. The summed E-state index contributed by atoms with van der Waals surface area (Å²) >= 11 is -1.51. The van der Waals surface area contributed by atoms with Crippen LogP contribution in [0.3, 0.4) is 0 Å². The molecule has 0 fully saturated rings. The summed E-state index contributed by atoms with van der Waals surface area (Å²) in [6, 6.07) is 19.7. The van der Waals surface area contributed by atoms with Crippen LogP contribution in [0.2, 0.25) is 4.44 Å². The number of hydrogen-bond donors (Lipinski definition) is 0. The quantitative estimate of drug-likeness (QED) is 0.723. The van der Waals surface area contributed by atoms with E-state index in [1.807, 2.05) is 0 Å². The van der Waals surface area contributed by atoms with Gasteiger partial charge in [0.15, 0.2) is 0 Å². The van der Waals surface area contributed by atoms with E-state index in [-0.39, 0.29) is 0 Å². The van der Waals surface area contributed by atoms with Crippen LogP contribution in [0, 0.1) is 0 Å². The molecule has 0 heterocycles. The van der Waals surface area contributed by atoms with Gasteiger partial charge >= 0.3 is 117 Å². The molecule has 18 heavy (non-hydrogen) atoms. The van der Waals surface area contributed by atoms with Gasteiger partial charge in [0.2, 0.25) is 0 Å². The van der Waals surface area contributed by atoms with Crippen molar-refractivity contribution in [2.24, 2.45) is 0 Å². The molecule has 0 aromatic heterocycles. The normalized spacial score (nSPS) is 10.3. The zero-order valence-corrected chi connectivity index (χ0v) is 13.9. The fourth-order valence-electron chi connectivity index (χ4n) is 2.06. The SMILES string of the molecule is [CH2]=[Sn]([CH2]CCC)[c]1ccc(-c2ccccc2)cc1. The van der Waals surface area contributed by atoms with E-state index in [2.05, 4.69) is 66.0 Å². The molecule has 0 aliphatic carbocycles. The Bertz CT molecular complexity index is 497. The molecule has 0 spiro atoms. The van der Waals surface area contributed by atoms with Gasteiger partial charge in [-0.1, -0.05) is 0 Å². The average Bonchev–Trinajstić information content (AvgIpc) is 2.46. The van der Waals surface area contributed by atoms with Crippen LogP contribution in [0.5, 0.6) is 0 Å². The number of unbranched alkanes of at least 4 members (excludes halogenated alkanes) is 1. The first-order chi connectivity index (χ1) is 8.81. The summed E-state index contributed by atoms with van der Waals surface area (Å²) in [6.45, 7) is 2.26. The van der Waals surface area contributed by atoms with E-state index in [0.29, 0.717) is 0 Å². The van der Waals surface area contributed by atoms with Crippen molar-refractivity contribution in [2.75, 3.05) is 0 Å². The summed E-state index contributed by atoms with van der Waals surface area (Å²) in [6.07, 6.45) is 2.64. The third-order valence-electron chi connectivity index (χ3n) is 3.23. The van der Waals surface area contributed by atoms with E-state index in [1.165, 1.54) is 28.4 Å².